The first-order valence-corrected chi connectivity index (χ1v) is 12.3. The normalized spacial score (nSPS) is 23.0. The van der Waals surface area contributed by atoms with Crippen molar-refractivity contribution in [1.29, 1.82) is 0 Å². The molecule has 1 fully saturated rings. The molecular formula is C27H32N4O2. The van der Waals surface area contributed by atoms with Gasteiger partial charge in [0.25, 0.3) is 5.91 Å². The van der Waals surface area contributed by atoms with Gasteiger partial charge in [-0.25, -0.2) is 4.98 Å². The van der Waals surface area contributed by atoms with Crippen LogP contribution in [0.25, 0.3) is 0 Å². The summed E-state index contributed by atoms with van der Waals surface area (Å²) in [7, 11) is 0. The molecule has 3 aliphatic rings. The van der Waals surface area contributed by atoms with Crippen molar-refractivity contribution in [2.75, 3.05) is 11.9 Å². The van der Waals surface area contributed by atoms with Crippen LogP contribution in [-0.2, 0) is 4.79 Å². The van der Waals surface area contributed by atoms with Crippen molar-refractivity contribution >= 4 is 17.4 Å². The van der Waals surface area contributed by atoms with Gasteiger partial charge in [-0.3, -0.25) is 9.59 Å². The van der Waals surface area contributed by atoms with E-state index in [9.17, 15) is 9.59 Å². The highest BCUT2D eigenvalue weighted by Gasteiger charge is 2.30. The molecule has 2 heterocycles. The van der Waals surface area contributed by atoms with E-state index in [1.54, 1.807) is 6.08 Å². The van der Waals surface area contributed by atoms with Gasteiger partial charge in [-0.05, 0) is 67.5 Å². The molecule has 2 aromatic rings. The third kappa shape index (κ3) is 4.95. The third-order valence-electron chi connectivity index (χ3n) is 7.18. The van der Waals surface area contributed by atoms with Crippen molar-refractivity contribution in [3.63, 3.8) is 0 Å². The zero-order valence-electron chi connectivity index (χ0n) is 19.0. The summed E-state index contributed by atoms with van der Waals surface area (Å²) in [6.07, 6.45) is 18.3. The summed E-state index contributed by atoms with van der Waals surface area (Å²) in [5.74, 6) is 1.78. The molecule has 1 amide bonds. The van der Waals surface area contributed by atoms with Gasteiger partial charge in [0.2, 0.25) is 0 Å². The van der Waals surface area contributed by atoms with Crippen LogP contribution in [0, 0.1) is 5.92 Å². The highest BCUT2D eigenvalue weighted by atomic mass is 16.1. The number of hydrogen-bond acceptors (Lipinski definition) is 4. The average molecular weight is 445 g/mol. The van der Waals surface area contributed by atoms with E-state index >= 15 is 0 Å². The van der Waals surface area contributed by atoms with E-state index in [4.69, 9.17) is 0 Å². The number of fused-ring (bicyclic) bond motifs is 1. The molecule has 0 bridgehead atoms. The summed E-state index contributed by atoms with van der Waals surface area (Å²) < 4.78 is 2.18. The minimum absolute atomic E-state index is 0.00605. The number of imidazole rings is 1. The zero-order valence-corrected chi connectivity index (χ0v) is 19.0. The van der Waals surface area contributed by atoms with Crippen LogP contribution in [0.2, 0.25) is 0 Å². The molecule has 6 heteroatoms. The van der Waals surface area contributed by atoms with E-state index in [0.29, 0.717) is 17.9 Å². The van der Waals surface area contributed by atoms with Crippen molar-refractivity contribution in [2.24, 2.45) is 5.92 Å². The topological polar surface area (TPSA) is 76.0 Å². The lowest BCUT2D eigenvalue weighted by molar-refractivity contribution is -0.114. The minimum Gasteiger partial charge on any atom is -0.375 e. The Kier molecular flexibility index (Phi) is 6.42. The predicted octanol–water partition coefficient (Wildman–Crippen LogP) is 5.14. The molecule has 0 saturated heterocycles. The van der Waals surface area contributed by atoms with Crippen molar-refractivity contribution in [3.05, 3.63) is 71.8 Å². The minimum atomic E-state index is 0.00605. The fourth-order valence-electron chi connectivity index (χ4n) is 5.38. The number of amides is 1. The number of benzene rings is 1. The smallest absolute Gasteiger partial charge is 0.251 e. The van der Waals surface area contributed by atoms with Gasteiger partial charge in [-0.15, -0.1) is 0 Å². The Labute approximate surface area is 195 Å². The van der Waals surface area contributed by atoms with Gasteiger partial charge >= 0.3 is 0 Å². The molecule has 6 nitrogen and oxygen atoms in total. The van der Waals surface area contributed by atoms with Gasteiger partial charge in [-0.2, -0.15) is 0 Å². The van der Waals surface area contributed by atoms with E-state index in [0.717, 1.165) is 36.5 Å². The Balaban J connectivity index is 1.21. The molecule has 172 valence electrons. The van der Waals surface area contributed by atoms with E-state index in [-0.39, 0.29) is 23.8 Å². The van der Waals surface area contributed by atoms with Crippen molar-refractivity contribution < 1.29 is 9.59 Å². The van der Waals surface area contributed by atoms with E-state index in [1.807, 2.05) is 42.7 Å². The third-order valence-corrected chi connectivity index (χ3v) is 7.18. The van der Waals surface area contributed by atoms with E-state index in [2.05, 4.69) is 26.3 Å². The molecule has 2 aliphatic carbocycles. The van der Waals surface area contributed by atoms with Gasteiger partial charge in [0.15, 0.2) is 5.78 Å². The van der Waals surface area contributed by atoms with Crippen LogP contribution in [0.1, 0.15) is 79.6 Å². The highest BCUT2D eigenvalue weighted by Crippen LogP contribution is 2.38. The maximum absolute atomic E-state index is 12.5. The Morgan fingerprint density at radius 2 is 1.88 bits per heavy atom. The average Bonchev–Trinajstić information content (AvgIpc) is 3.34. The summed E-state index contributed by atoms with van der Waals surface area (Å²) in [6.45, 7) is 0.780. The Bertz CT molecular complexity index is 1060. The van der Waals surface area contributed by atoms with Gasteiger partial charge in [0, 0.05) is 36.6 Å². The van der Waals surface area contributed by atoms with Crippen LogP contribution in [-0.4, -0.2) is 27.8 Å². The van der Waals surface area contributed by atoms with Crippen LogP contribution < -0.4 is 10.6 Å². The monoisotopic (exact) mass is 444 g/mol. The number of nitrogens with one attached hydrogen (secondary N) is 2. The SMILES string of the molecule is O=C1C=C(C2CCC(Nc3ccc(C(=O)NCC4CCCCC4)cc3)c3nccn32)C=CC1. The maximum atomic E-state index is 12.5. The molecule has 5 rings (SSSR count). The molecule has 2 unspecified atom stereocenters. The number of carbonyl (C=O) groups excluding carboxylic acids is 2. The molecule has 33 heavy (non-hydrogen) atoms. The van der Waals surface area contributed by atoms with Crippen LogP contribution in [0.4, 0.5) is 5.69 Å². The first kappa shape index (κ1) is 21.7. The lowest BCUT2D eigenvalue weighted by Crippen LogP contribution is -2.30. The second kappa shape index (κ2) is 9.77. The summed E-state index contributed by atoms with van der Waals surface area (Å²) in [5, 5.41) is 6.70. The number of carbonyl (C=O) groups is 2. The van der Waals surface area contributed by atoms with Crippen LogP contribution in [0.3, 0.4) is 0 Å². The number of nitrogens with zero attached hydrogens (tertiary/aromatic N) is 2. The molecule has 1 aromatic carbocycles. The fraction of sp³-hybridized carbons (Fsp3) is 0.444. The largest absolute Gasteiger partial charge is 0.375 e. The second-order valence-electron chi connectivity index (χ2n) is 9.49. The first-order chi connectivity index (χ1) is 16.2. The van der Waals surface area contributed by atoms with Gasteiger partial charge in [0.1, 0.15) is 5.82 Å². The number of ketones is 1. The molecule has 2 N–H and O–H groups in total. The molecule has 1 saturated carbocycles. The maximum Gasteiger partial charge on any atom is 0.251 e. The Morgan fingerprint density at radius 3 is 2.67 bits per heavy atom. The van der Waals surface area contributed by atoms with E-state index in [1.165, 1.54) is 32.1 Å². The molecule has 0 spiro atoms. The van der Waals surface area contributed by atoms with Crippen molar-refractivity contribution in [3.8, 4) is 0 Å². The summed E-state index contributed by atoms with van der Waals surface area (Å²) in [5.41, 5.74) is 2.73. The van der Waals surface area contributed by atoms with Crippen LogP contribution in [0.15, 0.2) is 60.5 Å². The lowest BCUT2D eigenvalue weighted by atomic mass is 9.89. The second-order valence-corrected chi connectivity index (χ2v) is 9.49. The molecule has 2 atom stereocenters. The Morgan fingerprint density at radius 1 is 1.06 bits per heavy atom. The fourth-order valence-corrected chi connectivity index (χ4v) is 5.38. The molecule has 1 aliphatic heterocycles. The first-order valence-electron chi connectivity index (χ1n) is 12.3. The van der Waals surface area contributed by atoms with Crippen LogP contribution in [0.5, 0.6) is 0 Å². The van der Waals surface area contributed by atoms with Gasteiger partial charge in [-0.1, -0.05) is 31.4 Å². The number of aromatic nitrogens is 2. The molecule has 1 aromatic heterocycles. The summed E-state index contributed by atoms with van der Waals surface area (Å²) >= 11 is 0. The highest BCUT2D eigenvalue weighted by molar-refractivity contribution is 5.94. The predicted molar refractivity (Wildman–Crippen MR) is 129 cm³/mol. The Hall–Kier alpha value is -3.15. The van der Waals surface area contributed by atoms with Crippen molar-refractivity contribution in [1.82, 2.24) is 14.9 Å². The molecule has 0 radical (unpaired) electrons. The van der Waals surface area contributed by atoms with Crippen molar-refractivity contribution in [2.45, 2.75) is 63.5 Å². The van der Waals surface area contributed by atoms with Crippen LogP contribution >= 0.6 is 0 Å². The lowest BCUT2D eigenvalue weighted by Gasteiger charge is -2.32. The van der Waals surface area contributed by atoms with Gasteiger partial charge in [0.05, 0.1) is 12.1 Å². The zero-order chi connectivity index (χ0) is 22.6. The number of allylic oxidation sites excluding steroid dienone is 4. The quantitative estimate of drug-likeness (QED) is 0.647. The molecular weight excluding hydrogens is 412 g/mol. The van der Waals surface area contributed by atoms with Gasteiger partial charge < -0.3 is 15.2 Å². The van der Waals surface area contributed by atoms with E-state index < -0.39 is 0 Å². The summed E-state index contributed by atoms with van der Waals surface area (Å²) in [6, 6.07) is 7.96. The summed E-state index contributed by atoms with van der Waals surface area (Å²) in [4.78, 5) is 29.0. The number of anilines is 1. The number of hydrogen-bond donors (Lipinski definition) is 2. The standard InChI is InChI=1S/C27H32N4O2/c32-23-8-4-7-21(17-23)25-14-13-24(26-28-15-16-31(25)26)30-22-11-9-20(10-12-22)27(33)29-18-19-5-2-1-3-6-19/h4,7,9-12,15-17,19,24-25,30H,1-3,5-6,8,13-14,18H2,(H,29,33). The number of rotatable bonds is 6.